The van der Waals surface area contributed by atoms with Gasteiger partial charge in [-0.1, -0.05) is 69.9 Å². The second-order valence-corrected chi connectivity index (χ2v) is 11.5. The fourth-order valence-corrected chi connectivity index (χ4v) is 5.97. The number of aliphatic hydroxyl groups excluding tert-OH is 1. The van der Waals surface area contributed by atoms with Crippen LogP contribution in [0, 0.1) is 0 Å². The van der Waals surface area contributed by atoms with Crippen molar-refractivity contribution in [3.63, 3.8) is 0 Å². The summed E-state index contributed by atoms with van der Waals surface area (Å²) in [7, 11) is 0. The minimum atomic E-state index is -1.38. The van der Waals surface area contributed by atoms with E-state index in [1.165, 1.54) is 0 Å². The lowest BCUT2D eigenvalue weighted by atomic mass is 9.81. The number of carbonyl (C=O) groups is 1. The molecule has 2 aliphatic heterocycles. The summed E-state index contributed by atoms with van der Waals surface area (Å²) in [5.74, 6) is 0.760. The number of benzene rings is 3. The largest absolute Gasteiger partial charge is 0.494 e. The van der Waals surface area contributed by atoms with Crippen LogP contribution in [-0.2, 0) is 22.5 Å². The number of azide groups is 1. The molecule has 224 valence electrons. The first-order valence-corrected chi connectivity index (χ1v) is 15.3. The van der Waals surface area contributed by atoms with Crippen molar-refractivity contribution in [2.24, 2.45) is 10.1 Å². The number of carbonyl (C=O) groups excluding carboxylic acids is 1. The predicted molar refractivity (Wildman–Crippen MR) is 167 cm³/mol. The molecule has 0 aromatic heterocycles. The van der Waals surface area contributed by atoms with E-state index >= 15 is 0 Å². The maximum Gasteiger partial charge on any atom is 0.266 e. The van der Waals surface area contributed by atoms with Gasteiger partial charge in [0, 0.05) is 53.0 Å². The van der Waals surface area contributed by atoms with Crippen molar-refractivity contribution in [2.45, 2.75) is 50.3 Å². The first-order valence-electron chi connectivity index (χ1n) is 14.5. The van der Waals surface area contributed by atoms with Crippen LogP contribution in [-0.4, -0.2) is 53.8 Å². The number of piperidine rings is 1. The average molecular weight is 648 g/mol. The normalized spacial score (nSPS) is 20.0. The van der Waals surface area contributed by atoms with Crippen LogP contribution < -0.4 is 10.2 Å². The van der Waals surface area contributed by atoms with Crippen molar-refractivity contribution < 1.29 is 19.4 Å². The van der Waals surface area contributed by atoms with Gasteiger partial charge in [-0.15, -0.1) is 0 Å². The summed E-state index contributed by atoms with van der Waals surface area (Å²) in [5, 5.41) is 14.8. The molecule has 43 heavy (non-hydrogen) atoms. The molecule has 2 N–H and O–H groups in total. The number of hydrogen-bond donors (Lipinski definition) is 2. The van der Waals surface area contributed by atoms with E-state index in [0.29, 0.717) is 30.2 Å². The third kappa shape index (κ3) is 7.19. The van der Waals surface area contributed by atoms with Crippen LogP contribution in [0.15, 0.2) is 87.4 Å². The summed E-state index contributed by atoms with van der Waals surface area (Å²) < 4.78 is 13.2. The van der Waals surface area contributed by atoms with E-state index in [9.17, 15) is 4.79 Å². The van der Waals surface area contributed by atoms with Crippen LogP contribution in [0.25, 0.3) is 10.4 Å². The molecule has 0 spiro atoms. The minimum Gasteiger partial charge on any atom is -0.494 e. The van der Waals surface area contributed by atoms with E-state index in [4.69, 9.17) is 25.1 Å². The minimum absolute atomic E-state index is 0.0622. The molecule has 2 atom stereocenters. The topological polar surface area (TPSA) is 132 Å². The molecule has 3 aromatic rings. The van der Waals surface area contributed by atoms with Gasteiger partial charge in [0.05, 0.1) is 13.2 Å². The van der Waals surface area contributed by atoms with Crippen molar-refractivity contribution in [3.05, 3.63) is 110 Å². The number of amides is 1. The number of halogens is 1. The number of rotatable bonds is 12. The Morgan fingerprint density at radius 3 is 2.53 bits per heavy atom. The second-order valence-electron chi connectivity index (χ2n) is 10.6. The summed E-state index contributed by atoms with van der Waals surface area (Å²) >= 11 is 3.69. The van der Waals surface area contributed by atoms with Crippen LogP contribution in [0.3, 0.4) is 0 Å². The molecule has 1 fully saturated rings. The number of nitrogens with zero attached hydrogens (tertiary/aromatic N) is 5. The molecule has 10 nitrogen and oxygen atoms in total. The summed E-state index contributed by atoms with van der Waals surface area (Å²) in [6.45, 7) is 2.17. The van der Waals surface area contributed by atoms with Crippen LogP contribution in [0.2, 0.25) is 0 Å². The van der Waals surface area contributed by atoms with Gasteiger partial charge in [0.15, 0.2) is 11.6 Å². The molecular formula is C32H35BrN6O4. The van der Waals surface area contributed by atoms with Crippen molar-refractivity contribution in [2.75, 3.05) is 26.3 Å². The molecule has 1 amide bonds. The van der Waals surface area contributed by atoms with Gasteiger partial charge >= 0.3 is 0 Å². The molecule has 0 bridgehead atoms. The Morgan fingerprint density at radius 1 is 1.09 bits per heavy atom. The molecule has 11 heteroatoms. The molecule has 0 saturated carbocycles. The summed E-state index contributed by atoms with van der Waals surface area (Å²) in [6.07, 6.45) is 3.16. The molecule has 0 unspecified atom stereocenters. The first kappa shape index (κ1) is 30.6. The van der Waals surface area contributed by atoms with E-state index in [2.05, 4.69) is 31.4 Å². The molecule has 5 rings (SSSR count). The number of hydrogen-bond acceptors (Lipinski definition) is 7. The quantitative estimate of drug-likeness (QED) is 0.107. The molecule has 0 radical (unpaired) electrons. The summed E-state index contributed by atoms with van der Waals surface area (Å²) in [4.78, 5) is 22.6. The predicted octanol–water partition coefficient (Wildman–Crippen LogP) is 6.04. The zero-order valence-corrected chi connectivity index (χ0v) is 25.4. The Balaban J connectivity index is 1.60. The highest BCUT2D eigenvalue weighted by atomic mass is 79.9. The van der Waals surface area contributed by atoms with Gasteiger partial charge in [-0.05, 0) is 59.8 Å². The highest BCUT2D eigenvalue weighted by Crippen LogP contribution is 2.45. The van der Waals surface area contributed by atoms with Crippen LogP contribution in [0.5, 0.6) is 5.75 Å². The summed E-state index contributed by atoms with van der Waals surface area (Å²) in [6, 6.07) is 22.7. The van der Waals surface area contributed by atoms with Crippen LogP contribution in [0.1, 0.15) is 54.0 Å². The van der Waals surface area contributed by atoms with E-state index in [1.54, 1.807) is 0 Å². The SMILES string of the molecule is [N-]=[N+]=NCc1ccccc1C[C@]1(C(=O)NN2CCCCC2)N=C(c2ccc(OCCCO)cc2)O[C@H]1c1ccccc1Br. The fraction of sp³-hybridized carbons (Fsp3) is 0.375. The fourth-order valence-electron chi connectivity index (χ4n) is 5.48. The van der Waals surface area contributed by atoms with Crippen LogP contribution in [0.4, 0.5) is 0 Å². The highest BCUT2D eigenvalue weighted by molar-refractivity contribution is 9.10. The Kier molecular flexibility index (Phi) is 10.3. The first-order chi connectivity index (χ1) is 21.0. The average Bonchev–Trinajstić information content (AvgIpc) is 3.42. The van der Waals surface area contributed by atoms with E-state index < -0.39 is 11.6 Å². The van der Waals surface area contributed by atoms with E-state index in [1.807, 2.05) is 77.8 Å². The van der Waals surface area contributed by atoms with Crippen LogP contribution >= 0.6 is 15.9 Å². The van der Waals surface area contributed by atoms with Crippen molar-refractivity contribution >= 4 is 27.7 Å². The zero-order chi connectivity index (χ0) is 30.1. The highest BCUT2D eigenvalue weighted by Gasteiger charge is 2.54. The standard InChI is InChI=1S/C32H35BrN6O4/c33-28-12-5-4-11-27(28)29-32(31(41)37-39-17-6-1-7-18-39,21-24-9-2-3-10-25(24)22-35-38-34)36-30(43-29)23-13-15-26(16-14-23)42-20-8-19-40/h2-5,9-16,29,40H,1,6-8,17-22H2,(H,37,41)/t29-,32-/m0/s1. The van der Waals surface area contributed by atoms with Gasteiger partial charge in [0.2, 0.25) is 5.90 Å². The van der Waals surface area contributed by atoms with Crippen molar-refractivity contribution in [3.8, 4) is 5.75 Å². The lowest BCUT2D eigenvalue weighted by molar-refractivity contribution is -0.134. The lowest BCUT2D eigenvalue weighted by Gasteiger charge is -2.35. The van der Waals surface area contributed by atoms with Gasteiger partial charge in [-0.3, -0.25) is 10.2 Å². The third-order valence-corrected chi connectivity index (χ3v) is 8.44. The van der Waals surface area contributed by atoms with Gasteiger partial charge in [0.25, 0.3) is 5.91 Å². The number of aliphatic imine (C=N–C) groups is 1. The molecule has 0 aliphatic carbocycles. The van der Waals surface area contributed by atoms with Gasteiger partial charge in [0.1, 0.15) is 5.75 Å². The Labute approximate surface area is 259 Å². The smallest absolute Gasteiger partial charge is 0.266 e. The number of aliphatic hydroxyl groups is 1. The summed E-state index contributed by atoms with van der Waals surface area (Å²) in [5.41, 5.74) is 14.0. The molecule has 1 saturated heterocycles. The van der Waals surface area contributed by atoms with E-state index in [-0.39, 0.29) is 25.5 Å². The lowest BCUT2D eigenvalue weighted by Crippen LogP contribution is -2.56. The van der Waals surface area contributed by atoms with Gasteiger partial charge < -0.3 is 14.6 Å². The molecule has 2 heterocycles. The molecular weight excluding hydrogens is 612 g/mol. The Hall–Kier alpha value is -3.89. The number of nitrogens with one attached hydrogen (secondary N) is 1. The Bertz CT molecular complexity index is 1490. The molecule has 2 aliphatic rings. The maximum absolute atomic E-state index is 14.6. The van der Waals surface area contributed by atoms with E-state index in [0.717, 1.165) is 53.5 Å². The van der Waals surface area contributed by atoms with Gasteiger partial charge in [-0.2, -0.15) is 0 Å². The van der Waals surface area contributed by atoms with Crippen molar-refractivity contribution in [1.82, 2.24) is 10.4 Å². The zero-order valence-electron chi connectivity index (χ0n) is 23.9. The van der Waals surface area contributed by atoms with Crippen molar-refractivity contribution in [1.29, 1.82) is 0 Å². The number of ether oxygens (including phenoxy) is 2. The third-order valence-electron chi connectivity index (χ3n) is 7.72. The second kappa shape index (κ2) is 14.5. The maximum atomic E-state index is 14.6. The monoisotopic (exact) mass is 646 g/mol. The molecule has 3 aromatic carbocycles. The Morgan fingerprint density at radius 2 is 1.81 bits per heavy atom. The van der Waals surface area contributed by atoms with Gasteiger partial charge in [-0.25, -0.2) is 10.0 Å². The number of hydrazine groups is 1.